The molecule has 29 heavy (non-hydrogen) atoms. The third-order valence-electron chi connectivity index (χ3n) is 3.54. The summed E-state index contributed by atoms with van der Waals surface area (Å²) in [7, 11) is 0. The lowest BCUT2D eigenvalue weighted by Crippen LogP contribution is -2.19. The largest absolute Gasteiger partial charge is 0.296 e. The molecule has 0 saturated carbocycles. The third kappa shape index (κ3) is 5.74. The molecule has 0 atom stereocenters. The first-order chi connectivity index (χ1) is 14.0. The fourth-order valence-electron chi connectivity index (χ4n) is 2.17. The van der Waals surface area contributed by atoms with Crippen LogP contribution in [0, 0.1) is 10.1 Å². The van der Waals surface area contributed by atoms with Gasteiger partial charge in [-0.3, -0.25) is 25.0 Å². The number of hydrazone groups is 1. The molecule has 0 bridgehead atoms. The molecule has 2 amide bonds. The number of aromatic nitrogens is 2. The van der Waals surface area contributed by atoms with Gasteiger partial charge < -0.3 is 0 Å². The summed E-state index contributed by atoms with van der Waals surface area (Å²) in [4.78, 5) is 34.1. The molecule has 0 fully saturated rings. The number of hydrogen-bond acceptors (Lipinski definition) is 8. The summed E-state index contributed by atoms with van der Waals surface area (Å²) in [5.74, 6) is -0.731. The molecule has 0 spiro atoms. The topological polar surface area (TPSA) is 139 Å². The van der Waals surface area contributed by atoms with Gasteiger partial charge in [0.25, 0.3) is 11.6 Å². The quantitative estimate of drug-likeness (QED) is 0.348. The van der Waals surface area contributed by atoms with Gasteiger partial charge in [-0.25, -0.2) is 5.43 Å². The number of nitro benzene ring substituents is 1. The van der Waals surface area contributed by atoms with E-state index in [1.165, 1.54) is 30.5 Å². The lowest BCUT2D eigenvalue weighted by molar-refractivity contribution is -0.384. The summed E-state index contributed by atoms with van der Waals surface area (Å²) in [5, 5.41) is 25.5. The van der Waals surface area contributed by atoms with Crippen molar-refractivity contribution in [2.75, 3.05) is 5.32 Å². The fourth-order valence-corrected chi connectivity index (χ4v) is 2.91. The highest BCUT2D eigenvalue weighted by atomic mass is 32.1. The van der Waals surface area contributed by atoms with Gasteiger partial charge in [-0.05, 0) is 29.8 Å². The van der Waals surface area contributed by atoms with E-state index in [1.807, 2.05) is 6.07 Å². The predicted molar refractivity (Wildman–Crippen MR) is 107 cm³/mol. The normalized spacial score (nSPS) is 10.6. The number of nitro groups is 1. The highest BCUT2D eigenvalue weighted by Crippen LogP contribution is 2.16. The zero-order valence-electron chi connectivity index (χ0n) is 14.8. The van der Waals surface area contributed by atoms with Crippen molar-refractivity contribution in [3.05, 3.63) is 80.8 Å². The van der Waals surface area contributed by atoms with Gasteiger partial charge in [0, 0.05) is 17.7 Å². The number of non-ortho nitro benzene ring substituents is 1. The van der Waals surface area contributed by atoms with Gasteiger partial charge in [-0.1, -0.05) is 29.5 Å². The van der Waals surface area contributed by atoms with E-state index in [0.717, 1.165) is 11.3 Å². The highest BCUT2D eigenvalue weighted by molar-refractivity contribution is 7.15. The summed E-state index contributed by atoms with van der Waals surface area (Å²) in [6.45, 7) is 0. The van der Waals surface area contributed by atoms with Gasteiger partial charge in [0.1, 0.15) is 5.01 Å². The Morgan fingerprint density at radius 3 is 2.52 bits per heavy atom. The Bertz CT molecular complexity index is 1050. The predicted octanol–water partition coefficient (Wildman–Crippen LogP) is 2.39. The van der Waals surface area contributed by atoms with E-state index in [2.05, 4.69) is 26.0 Å². The molecule has 0 aliphatic heterocycles. The number of rotatable bonds is 7. The number of carbonyl (C=O) groups is 2. The van der Waals surface area contributed by atoms with Crippen LogP contribution in [0.1, 0.15) is 20.9 Å². The Kier molecular flexibility index (Phi) is 6.32. The first kappa shape index (κ1) is 19.8. The summed E-state index contributed by atoms with van der Waals surface area (Å²) in [5.41, 5.74) is 3.39. The number of benzene rings is 2. The molecule has 1 aromatic heterocycles. The van der Waals surface area contributed by atoms with E-state index in [1.54, 1.807) is 24.3 Å². The highest BCUT2D eigenvalue weighted by Gasteiger charge is 2.12. The molecule has 146 valence electrons. The van der Waals surface area contributed by atoms with E-state index in [-0.39, 0.29) is 23.1 Å². The van der Waals surface area contributed by atoms with Crippen molar-refractivity contribution in [3.63, 3.8) is 0 Å². The second kappa shape index (κ2) is 9.28. The van der Waals surface area contributed by atoms with Crippen LogP contribution in [0.3, 0.4) is 0 Å². The van der Waals surface area contributed by atoms with Crippen molar-refractivity contribution in [2.45, 2.75) is 6.42 Å². The summed E-state index contributed by atoms with van der Waals surface area (Å²) < 4.78 is 0. The standard InChI is InChI=1S/C18H14N6O4S/c25-15(21-19-11-12-6-8-14(9-7-12)24(27)28)10-16-22-23-18(29-16)20-17(26)13-4-2-1-3-5-13/h1-9,11H,10H2,(H,21,25)(H,20,23,26)/b19-11+. The zero-order valence-corrected chi connectivity index (χ0v) is 15.6. The molecule has 10 nitrogen and oxygen atoms in total. The Hall–Kier alpha value is -3.99. The average Bonchev–Trinajstić information content (AvgIpc) is 3.15. The number of carbonyl (C=O) groups excluding carboxylic acids is 2. The minimum absolute atomic E-state index is 0.0300. The summed E-state index contributed by atoms with van der Waals surface area (Å²) >= 11 is 1.09. The minimum atomic E-state index is -0.499. The van der Waals surface area contributed by atoms with Crippen molar-refractivity contribution in [3.8, 4) is 0 Å². The summed E-state index contributed by atoms with van der Waals surface area (Å²) in [6, 6.07) is 14.4. The first-order valence-corrected chi connectivity index (χ1v) is 9.08. The summed E-state index contributed by atoms with van der Waals surface area (Å²) in [6.07, 6.45) is 1.31. The van der Waals surface area contributed by atoms with Crippen molar-refractivity contribution >= 4 is 40.2 Å². The van der Waals surface area contributed by atoms with E-state index >= 15 is 0 Å². The second-order valence-corrected chi connectivity index (χ2v) is 6.70. The molecule has 0 saturated heterocycles. The van der Waals surface area contributed by atoms with E-state index in [9.17, 15) is 19.7 Å². The molecule has 0 unspecified atom stereocenters. The molecule has 2 aromatic carbocycles. The monoisotopic (exact) mass is 410 g/mol. The maximum atomic E-state index is 12.1. The van der Waals surface area contributed by atoms with Crippen molar-refractivity contribution in [1.82, 2.24) is 15.6 Å². The van der Waals surface area contributed by atoms with E-state index in [0.29, 0.717) is 16.1 Å². The third-order valence-corrected chi connectivity index (χ3v) is 4.38. The Balaban J connectivity index is 1.49. The molecule has 0 aliphatic carbocycles. The van der Waals surface area contributed by atoms with Crippen molar-refractivity contribution < 1.29 is 14.5 Å². The number of amides is 2. The average molecular weight is 410 g/mol. The van der Waals surface area contributed by atoms with Gasteiger partial charge in [0.2, 0.25) is 11.0 Å². The van der Waals surface area contributed by atoms with Crippen LogP contribution in [0.5, 0.6) is 0 Å². The van der Waals surface area contributed by atoms with Crippen LogP contribution < -0.4 is 10.7 Å². The van der Waals surface area contributed by atoms with Gasteiger partial charge in [0.05, 0.1) is 17.6 Å². The van der Waals surface area contributed by atoms with Crippen LogP contribution >= 0.6 is 11.3 Å². The Morgan fingerprint density at radius 1 is 1.10 bits per heavy atom. The lowest BCUT2D eigenvalue weighted by atomic mass is 10.2. The van der Waals surface area contributed by atoms with Crippen molar-refractivity contribution in [1.29, 1.82) is 0 Å². The molecule has 11 heteroatoms. The van der Waals surface area contributed by atoms with Crippen LogP contribution in [0.25, 0.3) is 0 Å². The number of anilines is 1. The van der Waals surface area contributed by atoms with E-state index in [4.69, 9.17) is 0 Å². The van der Waals surface area contributed by atoms with Gasteiger partial charge in [-0.15, -0.1) is 10.2 Å². The molecule has 3 aromatic rings. The molecule has 0 aliphatic rings. The Labute approximate surface area is 168 Å². The fraction of sp³-hybridized carbons (Fsp3) is 0.0556. The van der Waals surface area contributed by atoms with Gasteiger partial charge in [0.15, 0.2) is 0 Å². The number of hydrogen-bond donors (Lipinski definition) is 2. The maximum absolute atomic E-state index is 12.1. The Morgan fingerprint density at radius 2 is 1.83 bits per heavy atom. The SMILES string of the molecule is O=C(Cc1nnc(NC(=O)c2ccccc2)s1)N/N=C/c1ccc([N+](=O)[O-])cc1. The van der Waals surface area contributed by atoms with Gasteiger partial charge >= 0.3 is 0 Å². The maximum Gasteiger partial charge on any atom is 0.269 e. The van der Waals surface area contributed by atoms with Crippen LogP contribution in [-0.4, -0.2) is 33.1 Å². The molecular weight excluding hydrogens is 396 g/mol. The second-order valence-electron chi connectivity index (χ2n) is 5.64. The van der Waals surface area contributed by atoms with Gasteiger partial charge in [-0.2, -0.15) is 5.10 Å². The van der Waals surface area contributed by atoms with E-state index < -0.39 is 10.8 Å². The molecule has 0 radical (unpaired) electrons. The molecular formula is C18H14N6O4S. The van der Waals surface area contributed by atoms with Crippen LogP contribution in [0.15, 0.2) is 59.7 Å². The zero-order chi connectivity index (χ0) is 20.6. The van der Waals surface area contributed by atoms with Crippen LogP contribution in [0.2, 0.25) is 0 Å². The van der Waals surface area contributed by atoms with Crippen LogP contribution in [0.4, 0.5) is 10.8 Å². The molecule has 3 rings (SSSR count). The molecule has 2 N–H and O–H groups in total. The van der Waals surface area contributed by atoms with Crippen LogP contribution in [-0.2, 0) is 11.2 Å². The number of nitrogens with one attached hydrogen (secondary N) is 2. The number of nitrogens with zero attached hydrogens (tertiary/aromatic N) is 4. The lowest BCUT2D eigenvalue weighted by Gasteiger charge is -1.99. The van der Waals surface area contributed by atoms with Crippen molar-refractivity contribution in [2.24, 2.45) is 5.10 Å². The minimum Gasteiger partial charge on any atom is -0.296 e. The smallest absolute Gasteiger partial charge is 0.269 e. The molecule has 1 heterocycles. The first-order valence-electron chi connectivity index (χ1n) is 8.26.